The Morgan fingerprint density at radius 3 is 1.38 bits per heavy atom. The average Bonchev–Trinajstić information content (AvgIpc) is 3.99. The second-order valence-corrected chi connectivity index (χ2v) is 21.1. The van der Waals surface area contributed by atoms with Gasteiger partial charge in [-0.05, 0) is 238 Å². The third kappa shape index (κ3) is 3.02. The standard InChI is InChI=1S/C60H34O6/c61-32-9-5-23(6-10-32)3-1-13-65-57(63)60(58(64)66-14-2-4-24-7-11-33(62)12-8-24)56-34-21-30-19-27-17-28-16-25-15-26-18-29-20-31-22-59(56,60)55-41(31)46-40(29)45-36(26)35(25)43-39(28)44-37(27)38(30)47-42(34)54(55)53-51(46)49(45)48(43)50(44)52(47)53/h5-12,16-18,20-21,56,61-62H,1-4,13-15,19,22H2. The van der Waals surface area contributed by atoms with Crippen molar-refractivity contribution in [2.24, 2.45) is 5.41 Å². The first-order chi connectivity index (χ1) is 32.4. The highest BCUT2D eigenvalue weighted by atomic mass is 16.6. The number of ether oxygens (including phenoxy) is 2. The van der Waals surface area contributed by atoms with Crippen LogP contribution >= 0.6 is 0 Å². The monoisotopic (exact) mass is 850 g/mol. The number of benzene rings is 11. The van der Waals surface area contributed by atoms with Gasteiger partial charge in [0.2, 0.25) is 0 Å². The largest absolute Gasteiger partial charge is 0.508 e. The lowest BCUT2D eigenvalue weighted by molar-refractivity contribution is -0.166. The third-order valence-electron chi connectivity index (χ3n) is 18.6. The van der Waals surface area contributed by atoms with Crippen LogP contribution in [0.25, 0.3) is 118 Å². The number of aryl methyl sites for hydroxylation is 2. The molecule has 310 valence electrons. The van der Waals surface area contributed by atoms with Crippen LogP contribution in [-0.2, 0) is 56.6 Å². The van der Waals surface area contributed by atoms with E-state index < -0.39 is 28.7 Å². The van der Waals surface area contributed by atoms with E-state index in [0.717, 1.165) is 29.5 Å². The maximum Gasteiger partial charge on any atom is 0.325 e. The molecule has 19 rings (SSSR count). The van der Waals surface area contributed by atoms with Gasteiger partial charge in [0.05, 0.1) is 13.2 Å². The van der Waals surface area contributed by atoms with Gasteiger partial charge < -0.3 is 19.7 Å². The Balaban J connectivity index is 0.897. The molecule has 5 aliphatic rings. The van der Waals surface area contributed by atoms with Crippen molar-refractivity contribution in [2.75, 3.05) is 13.2 Å². The molecule has 6 heteroatoms. The zero-order valence-corrected chi connectivity index (χ0v) is 35.5. The molecule has 0 heterocycles. The number of carbonyl (C=O) groups is 2. The predicted octanol–water partition coefficient (Wildman–Crippen LogP) is 12.3. The highest BCUT2D eigenvalue weighted by Crippen LogP contribution is 2.84. The molecular weight excluding hydrogens is 817 g/mol. The minimum atomic E-state index is -1.57. The molecular formula is C60H34O6. The Labute approximate surface area is 373 Å². The van der Waals surface area contributed by atoms with Gasteiger partial charge in [0.25, 0.3) is 0 Å². The first-order valence-electron chi connectivity index (χ1n) is 23.8. The van der Waals surface area contributed by atoms with E-state index in [-0.39, 0.29) is 24.7 Å². The molecule has 14 aromatic rings. The molecule has 0 radical (unpaired) electrons. The van der Waals surface area contributed by atoms with Crippen molar-refractivity contribution in [3.8, 4) is 11.5 Å². The van der Waals surface area contributed by atoms with Gasteiger partial charge in [0, 0.05) is 11.3 Å². The molecule has 1 spiro atoms. The minimum absolute atomic E-state index is 0.169. The zero-order valence-electron chi connectivity index (χ0n) is 35.5. The highest BCUT2D eigenvalue weighted by Gasteiger charge is 2.89. The van der Waals surface area contributed by atoms with E-state index in [1.54, 1.807) is 24.3 Å². The van der Waals surface area contributed by atoms with Gasteiger partial charge >= 0.3 is 11.9 Å². The minimum Gasteiger partial charge on any atom is -0.508 e. The van der Waals surface area contributed by atoms with E-state index in [2.05, 4.69) is 30.3 Å². The van der Waals surface area contributed by atoms with Gasteiger partial charge in [-0.2, -0.15) is 0 Å². The third-order valence-corrected chi connectivity index (χ3v) is 18.6. The van der Waals surface area contributed by atoms with Crippen LogP contribution < -0.4 is 0 Å². The Morgan fingerprint density at radius 2 is 0.879 bits per heavy atom. The van der Waals surface area contributed by atoms with Crippen molar-refractivity contribution in [3.63, 3.8) is 0 Å². The molecule has 2 unspecified atom stereocenters. The van der Waals surface area contributed by atoms with E-state index in [9.17, 15) is 10.2 Å². The van der Waals surface area contributed by atoms with E-state index in [1.165, 1.54) is 152 Å². The lowest BCUT2D eigenvalue weighted by atomic mass is 9.80. The van der Waals surface area contributed by atoms with Crippen molar-refractivity contribution < 1.29 is 29.3 Å². The summed E-state index contributed by atoms with van der Waals surface area (Å²) in [6, 6.07) is 26.7. The van der Waals surface area contributed by atoms with E-state index >= 15 is 9.59 Å². The maximum atomic E-state index is 15.7. The molecule has 0 saturated heterocycles. The van der Waals surface area contributed by atoms with Gasteiger partial charge in [0.15, 0.2) is 5.41 Å². The van der Waals surface area contributed by atoms with Gasteiger partial charge in [-0.15, -0.1) is 0 Å². The van der Waals surface area contributed by atoms with E-state index in [4.69, 9.17) is 9.47 Å². The summed E-state index contributed by atoms with van der Waals surface area (Å²) in [6.07, 6.45) is 4.86. The van der Waals surface area contributed by atoms with E-state index in [1.807, 2.05) is 24.3 Å². The number of fused-ring (bicyclic) bond motifs is 1. The first-order valence-corrected chi connectivity index (χ1v) is 23.8. The van der Waals surface area contributed by atoms with Crippen LogP contribution in [0.15, 0.2) is 78.9 Å². The van der Waals surface area contributed by atoms with Gasteiger partial charge in [-0.1, -0.05) is 54.6 Å². The van der Waals surface area contributed by atoms with Crippen LogP contribution in [0.4, 0.5) is 0 Å². The maximum absolute atomic E-state index is 15.7. The predicted molar refractivity (Wildman–Crippen MR) is 259 cm³/mol. The summed E-state index contributed by atoms with van der Waals surface area (Å²) in [7, 11) is 0. The first kappa shape index (κ1) is 33.1. The number of esters is 2. The van der Waals surface area contributed by atoms with Gasteiger partial charge in [0.1, 0.15) is 11.5 Å². The van der Waals surface area contributed by atoms with Gasteiger partial charge in [-0.25, -0.2) is 0 Å². The van der Waals surface area contributed by atoms with Crippen molar-refractivity contribution in [2.45, 2.75) is 56.3 Å². The van der Waals surface area contributed by atoms with Crippen LogP contribution in [-0.4, -0.2) is 35.4 Å². The summed E-state index contributed by atoms with van der Waals surface area (Å²) in [4.78, 5) is 31.4. The summed E-state index contributed by atoms with van der Waals surface area (Å²) in [6.45, 7) is 0.338. The molecule has 66 heavy (non-hydrogen) atoms. The van der Waals surface area contributed by atoms with Crippen molar-refractivity contribution >= 4 is 130 Å². The molecule has 2 N–H and O–H groups in total. The number of carbonyl (C=O) groups excluding carboxylic acids is 2. The molecule has 0 aliphatic heterocycles. The Morgan fingerprint density at radius 1 is 0.470 bits per heavy atom. The smallest absolute Gasteiger partial charge is 0.325 e. The zero-order chi connectivity index (χ0) is 42.8. The Hall–Kier alpha value is -7.44. The fraction of sp³-hybridized carbons (Fsp3) is 0.200. The van der Waals surface area contributed by atoms with Crippen molar-refractivity contribution in [1.29, 1.82) is 0 Å². The molecule has 1 fully saturated rings. The number of aromatic hydroxyl groups is 2. The summed E-state index contributed by atoms with van der Waals surface area (Å²) in [5.41, 5.74) is 8.82. The summed E-state index contributed by atoms with van der Waals surface area (Å²) in [5, 5.41) is 50.4. The Kier molecular flexibility index (Phi) is 4.95. The average molecular weight is 851 g/mol. The van der Waals surface area contributed by atoms with Crippen LogP contribution in [0.2, 0.25) is 0 Å². The highest BCUT2D eigenvalue weighted by molar-refractivity contribution is 6.65. The van der Waals surface area contributed by atoms with Crippen molar-refractivity contribution in [3.05, 3.63) is 129 Å². The number of rotatable bonds is 10. The number of phenolic OH excluding ortho intramolecular Hbond substituents is 2. The topological polar surface area (TPSA) is 93.1 Å². The molecule has 1 saturated carbocycles. The fourth-order valence-electron chi connectivity index (χ4n) is 16.7. The lowest BCUT2D eigenvalue weighted by Crippen LogP contribution is -2.37. The lowest BCUT2D eigenvalue weighted by Gasteiger charge is -2.23. The van der Waals surface area contributed by atoms with Gasteiger partial charge in [-0.3, -0.25) is 9.59 Å². The number of hydrogen-bond donors (Lipinski definition) is 2. The molecule has 0 aromatic heterocycles. The molecule has 6 nitrogen and oxygen atoms in total. The number of phenols is 2. The molecule has 0 bridgehead atoms. The molecule has 2 atom stereocenters. The Bertz CT molecular complexity index is 4530. The van der Waals surface area contributed by atoms with Crippen LogP contribution in [0, 0.1) is 5.41 Å². The SMILES string of the molecule is O=C(OCCCc1ccc(O)cc1)C1(C(=O)OCCCc2ccc(O)cc2)C2c3cc4c5c6c(cc7cc8c9c%10c(cc%11cc%12c%13c(c%14c3c5c3c%14c5c%13c%11c%10c5c5c9c7c6c35)C21C%12)C8)C4. The second-order valence-electron chi connectivity index (χ2n) is 21.1. The second kappa shape index (κ2) is 9.87. The summed E-state index contributed by atoms with van der Waals surface area (Å²) in [5.74, 6) is -0.939. The summed E-state index contributed by atoms with van der Waals surface area (Å²) >= 11 is 0. The summed E-state index contributed by atoms with van der Waals surface area (Å²) < 4.78 is 13.0. The molecule has 0 amide bonds. The number of hydrogen-bond acceptors (Lipinski definition) is 6. The van der Waals surface area contributed by atoms with Crippen LogP contribution in [0.3, 0.4) is 0 Å². The van der Waals surface area contributed by atoms with E-state index in [0.29, 0.717) is 32.1 Å². The van der Waals surface area contributed by atoms with Crippen LogP contribution in [0.1, 0.15) is 68.8 Å². The van der Waals surface area contributed by atoms with Crippen molar-refractivity contribution in [1.82, 2.24) is 0 Å². The molecule has 5 aliphatic carbocycles. The van der Waals surface area contributed by atoms with Crippen LogP contribution in [0.5, 0.6) is 11.5 Å². The normalized spacial score (nSPS) is 19.7. The fourth-order valence-corrected chi connectivity index (χ4v) is 16.7. The quantitative estimate of drug-likeness (QED) is 0.0616. The molecule has 14 aromatic carbocycles.